The molecule has 0 spiro atoms. The summed E-state index contributed by atoms with van der Waals surface area (Å²) in [4.78, 5) is 19.7. The van der Waals surface area contributed by atoms with Gasteiger partial charge in [-0.1, -0.05) is 0 Å². The topological polar surface area (TPSA) is 72.7 Å². The number of amides is 1. The summed E-state index contributed by atoms with van der Waals surface area (Å²) in [6.45, 7) is 0. The van der Waals surface area contributed by atoms with Crippen molar-refractivity contribution in [3.05, 3.63) is 30.9 Å². The van der Waals surface area contributed by atoms with Crippen molar-refractivity contribution in [2.24, 2.45) is 5.92 Å². The Labute approximate surface area is 97.7 Å². The highest BCUT2D eigenvalue weighted by Crippen LogP contribution is 2.29. The molecule has 2 aromatic heterocycles. The van der Waals surface area contributed by atoms with Gasteiger partial charge >= 0.3 is 0 Å². The van der Waals surface area contributed by atoms with Crippen LogP contribution in [-0.2, 0) is 4.79 Å². The van der Waals surface area contributed by atoms with E-state index < -0.39 is 0 Å². The lowest BCUT2D eigenvalue weighted by Crippen LogP contribution is -2.15. The van der Waals surface area contributed by atoms with E-state index in [1.807, 2.05) is 6.07 Å². The maximum atomic E-state index is 11.6. The second kappa shape index (κ2) is 3.97. The normalized spacial score (nSPS) is 14.6. The Bertz CT molecular complexity index is 533. The van der Waals surface area contributed by atoms with Gasteiger partial charge in [-0.2, -0.15) is 5.10 Å². The molecule has 1 fully saturated rings. The SMILES string of the molecule is O=C(Nc1cc(-n2cccn2)ncn1)C1CC1. The largest absolute Gasteiger partial charge is 0.310 e. The summed E-state index contributed by atoms with van der Waals surface area (Å²) in [7, 11) is 0. The van der Waals surface area contributed by atoms with E-state index >= 15 is 0 Å². The lowest BCUT2D eigenvalue weighted by atomic mass is 10.4. The molecule has 1 saturated carbocycles. The summed E-state index contributed by atoms with van der Waals surface area (Å²) in [5, 5.41) is 6.84. The Morgan fingerprint density at radius 1 is 1.41 bits per heavy atom. The van der Waals surface area contributed by atoms with Gasteiger partial charge in [0.2, 0.25) is 5.91 Å². The zero-order valence-corrected chi connectivity index (χ0v) is 9.08. The third kappa shape index (κ3) is 2.15. The average molecular weight is 229 g/mol. The van der Waals surface area contributed by atoms with Gasteiger partial charge in [-0.3, -0.25) is 4.79 Å². The fourth-order valence-corrected chi connectivity index (χ4v) is 1.52. The van der Waals surface area contributed by atoms with Crippen molar-refractivity contribution in [1.82, 2.24) is 19.7 Å². The second-order valence-corrected chi connectivity index (χ2v) is 3.98. The zero-order valence-electron chi connectivity index (χ0n) is 9.08. The predicted octanol–water partition coefficient (Wildman–Crippen LogP) is 1.01. The first-order chi connectivity index (χ1) is 8.33. The summed E-state index contributed by atoms with van der Waals surface area (Å²) >= 11 is 0. The Hall–Kier alpha value is -2.24. The van der Waals surface area contributed by atoms with Gasteiger partial charge < -0.3 is 5.32 Å². The molecule has 0 unspecified atom stereocenters. The van der Waals surface area contributed by atoms with Crippen LogP contribution in [0.1, 0.15) is 12.8 Å². The Morgan fingerprint density at radius 2 is 2.29 bits per heavy atom. The van der Waals surface area contributed by atoms with Gasteiger partial charge in [0.05, 0.1) is 0 Å². The van der Waals surface area contributed by atoms with Crippen molar-refractivity contribution in [2.75, 3.05) is 5.32 Å². The van der Waals surface area contributed by atoms with Gasteiger partial charge in [-0.25, -0.2) is 14.6 Å². The molecule has 2 heterocycles. The van der Waals surface area contributed by atoms with Crippen molar-refractivity contribution in [3.63, 3.8) is 0 Å². The van der Waals surface area contributed by atoms with Crippen molar-refractivity contribution in [2.45, 2.75) is 12.8 Å². The summed E-state index contributed by atoms with van der Waals surface area (Å²) in [5.41, 5.74) is 0. The molecule has 0 aliphatic heterocycles. The van der Waals surface area contributed by atoms with Gasteiger partial charge in [0, 0.05) is 24.4 Å². The molecule has 0 bridgehead atoms. The molecule has 1 aliphatic rings. The minimum Gasteiger partial charge on any atom is -0.310 e. The van der Waals surface area contributed by atoms with E-state index in [9.17, 15) is 4.79 Å². The van der Waals surface area contributed by atoms with Crippen molar-refractivity contribution < 1.29 is 4.79 Å². The number of carbonyl (C=O) groups is 1. The van der Waals surface area contributed by atoms with Crippen molar-refractivity contribution in [3.8, 4) is 5.82 Å². The quantitative estimate of drug-likeness (QED) is 0.852. The van der Waals surface area contributed by atoms with Crippen molar-refractivity contribution in [1.29, 1.82) is 0 Å². The fraction of sp³-hybridized carbons (Fsp3) is 0.273. The van der Waals surface area contributed by atoms with Gasteiger partial charge in [0.1, 0.15) is 12.1 Å². The minimum atomic E-state index is 0.0371. The lowest BCUT2D eigenvalue weighted by molar-refractivity contribution is -0.117. The second-order valence-electron chi connectivity index (χ2n) is 3.98. The van der Waals surface area contributed by atoms with Crippen LogP contribution in [0.15, 0.2) is 30.9 Å². The van der Waals surface area contributed by atoms with E-state index in [-0.39, 0.29) is 11.8 Å². The first-order valence-corrected chi connectivity index (χ1v) is 5.46. The fourth-order valence-electron chi connectivity index (χ4n) is 1.52. The third-order valence-electron chi connectivity index (χ3n) is 2.59. The molecule has 0 saturated heterocycles. The smallest absolute Gasteiger partial charge is 0.228 e. The number of aromatic nitrogens is 4. The molecule has 3 rings (SSSR count). The summed E-state index contributed by atoms with van der Waals surface area (Å²) in [5.74, 6) is 1.35. The van der Waals surface area contributed by atoms with Crippen LogP contribution in [0.4, 0.5) is 5.82 Å². The molecule has 1 amide bonds. The van der Waals surface area contributed by atoms with Crippen molar-refractivity contribution >= 4 is 11.7 Å². The molecule has 0 radical (unpaired) electrons. The lowest BCUT2D eigenvalue weighted by Gasteiger charge is -2.04. The number of anilines is 1. The Balaban J connectivity index is 1.81. The highest BCUT2D eigenvalue weighted by molar-refractivity contribution is 5.93. The van der Waals surface area contributed by atoms with Gasteiger partial charge in [-0.05, 0) is 18.9 Å². The summed E-state index contributed by atoms with van der Waals surface area (Å²) in [6.07, 6.45) is 6.82. The van der Waals surface area contributed by atoms with Gasteiger partial charge in [-0.15, -0.1) is 0 Å². The predicted molar refractivity (Wildman–Crippen MR) is 60.5 cm³/mol. The van der Waals surface area contributed by atoms with Crippen LogP contribution >= 0.6 is 0 Å². The van der Waals surface area contributed by atoms with E-state index in [1.165, 1.54) is 6.33 Å². The molecule has 0 aromatic carbocycles. The number of nitrogens with one attached hydrogen (secondary N) is 1. The van der Waals surface area contributed by atoms with Crippen LogP contribution in [0.25, 0.3) is 5.82 Å². The summed E-state index contributed by atoms with van der Waals surface area (Å²) < 4.78 is 1.62. The highest BCUT2D eigenvalue weighted by atomic mass is 16.2. The monoisotopic (exact) mass is 229 g/mol. The number of hydrogen-bond donors (Lipinski definition) is 1. The van der Waals surface area contributed by atoms with Gasteiger partial charge in [0.25, 0.3) is 0 Å². The first kappa shape index (κ1) is 9.95. The van der Waals surface area contributed by atoms with E-state index in [0.717, 1.165) is 12.8 Å². The molecule has 17 heavy (non-hydrogen) atoms. The van der Waals surface area contributed by atoms with Crippen LogP contribution in [0.3, 0.4) is 0 Å². The summed E-state index contributed by atoms with van der Waals surface area (Å²) in [6, 6.07) is 3.51. The zero-order chi connectivity index (χ0) is 11.7. The number of nitrogens with zero attached hydrogens (tertiary/aromatic N) is 4. The van der Waals surface area contributed by atoms with Crippen LogP contribution in [0.5, 0.6) is 0 Å². The molecule has 86 valence electrons. The Morgan fingerprint density at radius 3 is 3.00 bits per heavy atom. The van der Waals surface area contributed by atoms with Crippen LogP contribution in [-0.4, -0.2) is 25.7 Å². The molecule has 6 nitrogen and oxygen atoms in total. The molecule has 2 aromatic rings. The minimum absolute atomic E-state index is 0.0371. The average Bonchev–Trinajstić information content (AvgIpc) is 3.05. The number of rotatable bonds is 3. The molecular weight excluding hydrogens is 218 g/mol. The highest BCUT2D eigenvalue weighted by Gasteiger charge is 2.29. The van der Waals surface area contributed by atoms with E-state index in [2.05, 4.69) is 20.4 Å². The molecule has 6 heteroatoms. The molecule has 1 N–H and O–H groups in total. The molecular formula is C11H11N5O. The first-order valence-electron chi connectivity index (χ1n) is 5.46. The van der Waals surface area contributed by atoms with E-state index in [1.54, 1.807) is 23.1 Å². The standard InChI is InChI=1S/C11H11N5O/c17-11(8-2-3-8)15-9-6-10(13-7-12-9)16-5-1-4-14-16/h1,4-8H,2-3H2,(H,12,13,15,17). The van der Waals surface area contributed by atoms with E-state index in [0.29, 0.717) is 11.6 Å². The maximum Gasteiger partial charge on any atom is 0.228 e. The van der Waals surface area contributed by atoms with Crippen LogP contribution in [0.2, 0.25) is 0 Å². The number of carbonyl (C=O) groups excluding carboxylic acids is 1. The molecule has 1 aliphatic carbocycles. The maximum absolute atomic E-state index is 11.6. The van der Waals surface area contributed by atoms with E-state index in [4.69, 9.17) is 0 Å². The third-order valence-corrected chi connectivity index (χ3v) is 2.59. The van der Waals surface area contributed by atoms with Gasteiger partial charge in [0.15, 0.2) is 5.82 Å². The Kier molecular flexibility index (Phi) is 2.32. The molecule has 0 atom stereocenters. The van der Waals surface area contributed by atoms with Crippen LogP contribution < -0.4 is 5.32 Å². The van der Waals surface area contributed by atoms with Crippen LogP contribution in [0, 0.1) is 5.92 Å². The number of hydrogen-bond acceptors (Lipinski definition) is 4.